The molecule has 10 aliphatic rings. The van der Waals surface area contributed by atoms with Crippen LogP contribution in [0.2, 0.25) is 0 Å². The van der Waals surface area contributed by atoms with Gasteiger partial charge in [0.25, 0.3) is 0 Å². The summed E-state index contributed by atoms with van der Waals surface area (Å²) in [6, 6.07) is 63.4. The molecule has 0 N–H and O–H groups in total. The third-order valence-electron chi connectivity index (χ3n) is 22.6. The van der Waals surface area contributed by atoms with Crippen LogP contribution in [0.3, 0.4) is 0 Å². The average molecular weight is 1830 g/mol. The molecule has 0 fully saturated rings. The van der Waals surface area contributed by atoms with Gasteiger partial charge < -0.3 is 66.3 Å². The summed E-state index contributed by atoms with van der Waals surface area (Å²) < 4.78 is 68.3. The molecule has 0 atom stereocenters. The van der Waals surface area contributed by atoms with Gasteiger partial charge in [0.2, 0.25) is 0 Å². The molecule has 22 rings (SSSR count). The first-order valence-corrected chi connectivity index (χ1v) is 40.7. The molecule has 0 bridgehead atoms. The van der Waals surface area contributed by atoms with Gasteiger partial charge in [0.05, 0.1) is 106 Å². The topological polar surface area (TPSA) is 471 Å². The predicted octanol–water partition coefficient (Wildman–Crippen LogP) is 16.3. The third-order valence-corrected chi connectivity index (χ3v) is 22.6. The molecular formula is C102H60O34. The van der Waals surface area contributed by atoms with Crippen LogP contribution in [0.25, 0.3) is 0 Å². The number of esters is 20. The fraction of sp³-hybridized carbons (Fsp3) is 0.0980. The molecule has 136 heavy (non-hydrogen) atoms. The number of hydrogen-bond donors (Lipinski definition) is 0. The second-order valence-corrected chi connectivity index (χ2v) is 32.8. The van der Waals surface area contributed by atoms with E-state index in [0.29, 0.717) is 45.3 Å². The van der Waals surface area contributed by atoms with Crippen LogP contribution in [-0.4, -0.2) is 119 Å². The minimum absolute atomic E-state index is 0.0247. The molecule has 0 saturated heterocycles. The maximum atomic E-state index is 11.8. The van der Waals surface area contributed by atoms with Gasteiger partial charge in [0, 0.05) is 10.8 Å². The molecule has 0 radical (unpaired) electrons. The number of cyclic esters (lactones) is 20. The van der Waals surface area contributed by atoms with E-state index in [4.69, 9.17) is 18.9 Å². The summed E-state index contributed by atoms with van der Waals surface area (Å²) in [5, 5.41) is 0. The SMILES string of the molecule is CC(C)(C)c1ccc2c(c1)C(=O)OC2=O.CC(C)(c1ccc(Oc2ccc3c(c2)C(=O)OC3=O)cc1)c1ccc(Oc2ccc3c(c2)C(=O)OC3=O)cc1.CC(C)(c1ccc2c(c1)C(=O)OC2=O)c1ccc2c(c1)C(=O)OC2=O.O=C1OC(=O)c2cc(Oc3ccc4c(c3)C(=O)OC4=O)ccc21.O=C1OC(=O)c2cc(Oc3cccc4c3C(=O)OC4=O)ccc21.O=C1OC(=O)c2ccccc21. The Hall–Kier alpha value is -18.8. The summed E-state index contributed by atoms with van der Waals surface area (Å²) in [5.41, 5.74) is 7.90. The number of fused-ring (bicyclic) bond motifs is 10. The highest BCUT2D eigenvalue weighted by molar-refractivity contribution is 6.21. The Morgan fingerprint density at radius 2 is 0.353 bits per heavy atom. The van der Waals surface area contributed by atoms with Crippen molar-refractivity contribution in [1.82, 2.24) is 0 Å². The zero-order chi connectivity index (χ0) is 96.6. The van der Waals surface area contributed by atoms with Gasteiger partial charge in [-0.05, 0) is 209 Å². The second kappa shape index (κ2) is 34.6. The van der Waals surface area contributed by atoms with Gasteiger partial charge >= 0.3 is 119 Å². The van der Waals surface area contributed by atoms with E-state index in [0.717, 1.165) is 27.8 Å². The summed E-state index contributed by atoms with van der Waals surface area (Å²) in [7, 11) is 0. The highest BCUT2D eigenvalue weighted by atomic mass is 16.6. The minimum atomic E-state index is -0.795. The van der Waals surface area contributed by atoms with E-state index in [1.165, 1.54) is 91.0 Å². The van der Waals surface area contributed by atoms with Crippen molar-refractivity contribution >= 4 is 119 Å². The number of rotatable bonds is 12. The number of benzene rings is 12. The van der Waals surface area contributed by atoms with Crippen molar-refractivity contribution in [1.29, 1.82) is 0 Å². The van der Waals surface area contributed by atoms with Crippen molar-refractivity contribution < 1.29 is 162 Å². The molecule has 34 heteroatoms. The highest BCUT2D eigenvalue weighted by Gasteiger charge is 2.41. The summed E-state index contributed by atoms with van der Waals surface area (Å²) >= 11 is 0. The summed E-state index contributed by atoms with van der Waals surface area (Å²) in [6.45, 7) is 14.2. The number of carbonyl (C=O) groups is 20. The van der Waals surface area contributed by atoms with Crippen LogP contribution in [-0.2, 0) is 63.6 Å². The lowest BCUT2D eigenvalue weighted by atomic mass is 9.76. The third kappa shape index (κ3) is 17.1. The quantitative estimate of drug-likeness (QED) is 0.0622. The number of carbonyl (C=O) groups excluding carboxylic acids is 20. The van der Waals surface area contributed by atoms with Crippen molar-refractivity contribution in [2.45, 2.75) is 64.7 Å². The summed E-state index contributed by atoms with van der Waals surface area (Å²) in [6.07, 6.45) is 0. The Kier molecular flexibility index (Phi) is 22.7. The maximum Gasteiger partial charge on any atom is 0.350 e. The van der Waals surface area contributed by atoms with Crippen molar-refractivity contribution in [3.05, 3.63) is 376 Å². The second-order valence-electron chi connectivity index (χ2n) is 32.8. The lowest BCUT2D eigenvalue weighted by molar-refractivity contribution is 0.0424. The van der Waals surface area contributed by atoms with Crippen LogP contribution < -0.4 is 18.9 Å². The zero-order valence-corrected chi connectivity index (χ0v) is 71.4. The normalized spacial score (nSPS) is 14.9. The standard InChI is InChI=1S/C31H20O8.C19H12O6.2C16H6O7.C12H12O3.C8H4O3/c1-31(2,17-3-7-19(8-4-17)36-21-11-13-23-25(15-21)29(34)38-27(23)32)18-5-9-20(10-6-18)37-22-12-14-24-26(16-22)30(35)39-28(24)33;1-19(2,9-3-5-11-13(7-9)17(22)24-15(11)20)10-4-6-12-14(8-10)18(23)25-16(12)21;17-13-9-3-1-7(5-11(9)15(19)22-13)21-8-2-4-10-12(6-8)16(20)23-14(10)18;17-13-8-5-4-7(6-10(8)15(19)22-13)21-11-3-1-2-9-12(11)16(20)23-14(9)18;1-12(2,3)7-4-5-8-9(6-7)11(14)15-10(8)13;9-7-5-3-1-2-4-6(5)8(10)11-7/h3-16H,1-2H3;3-8H,1-2H3;2*1-6H;4-6H,1-3H3;1-4H. The maximum absolute atomic E-state index is 11.8. The van der Waals surface area contributed by atoms with Gasteiger partial charge in [-0.1, -0.05) is 109 Å². The predicted molar refractivity (Wildman–Crippen MR) is 458 cm³/mol. The summed E-state index contributed by atoms with van der Waals surface area (Å²) in [5.74, 6) is -10.4. The van der Waals surface area contributed by atoms with E-state index in [1.54, 1.807) is 91.0 Å². The van der Waals surface area contributed by atoms with Crippen LogP contribution in [0.5, 0.6) is 46.0 Å². The largest absolute Gasteiger partial charge is 0.457 e. The molecule has 10 heterocycles. The van der Waals surface area contributed by atoms with Crippen molar-refractivity contribution in [3.63, 3.8) is 0 Å². The van der Waals surface area contributed by atoms with E-state index in [2.05, 4.69) is 82.0 Å². The lowest BCUT2D eigenvalue weighted by Crippen LogP contribution is -2.20. The molecule has 12 aromatic carbocycles. The van der Waals surface area contributed by atoms with Gasteiger partial charge in [0.1, 0.15) is 51.6 Å². The van der Waals surface area contributed by atoms with Crippen LogP contribution in [0, 0.1) is 0 Å². The van der Waals surface area contributed by atoms with Gasteiger partial charge in [-0.15, -0.1) is 0 Å². The molecule has 0 amide bonds. The van der Waals surface area contributed by atoms with E-state index in [1.807, 2.05) is 68.4 Å². The Labute approximate surface area is 764 Å². The molecule has 0 unspecified atom stereocenters. The van der Waals surface area contributed by atoms with Crippen LogP contribution >= 0.6 is 0 Å². The van der Waals surface area contributed by atoms with Crippen molar-refractivity contribution in [3.8, 4) is 46.0 Å². The minimum Gasteiger partial charge on any atom is -0.457 e. The number of hydrogen-bond acceptors (Lipinski definition) is 34. The fourth-order valence-corrected chi connectivity index (χ4v) is 15.1. The van der Waals surface area contributed by atoms with E-state index in [-0.39, 0.29) is 123 Å². The molecule has 34 nitrogen and oxygen atoms in total. The van der Waals surface area contributed by atoms with E-state index in [9.17, 15) is 95.9 Å². The van der Waals surface area contributed by atoms with Gasteiger partial charge in [-0.25, -0.2) is 95.9 Å². The van der Waals surface area contributed by atoms with E-state index >= 15 is 0 Å². The van der Waals surface area contributed by atoms with E-state index < -0.39 is 125 Å². The zero-order valence-electron chi connectivity index (χ0n) is 71.4. The first-order chi connectivity index (χ1) is 64.7. The summed E-state index contributed by atoms with van der Waals surface area (Å²) in [4.78, 5) is 230. The molecule has 12 aromatic rings. The first kappa shape index (κ1) is 89.2. The monoisotopic (exact) mass is 1830 g/mol. The Balaban J connectivity index is 0.000000118. The van der Waals surface area contributed by atoms with Gasteiger partial charge in [-0.3, -0.25) is 0 Å². The van der Waals surface area contributed by atoms with Crippen LogP contribution in [0.15, 0.2) is 237 Å². The first-order valence-electron chi connectivity index (χ1n) is 40.7. The molecular weight excluding hydrogens is 1770 g/mol. The molecule has 0 saturated carbocycles. The van der Waals surface area contributed by atoms with Gasteiger partial charge in [-0.2, -0.15) is 0 Å². The molecule has 672 valence electrons. The lowest BCUT2D eigenvalue weighted by Gasteiger charge is -2.26. The fourth-order valence-electron chi connectivity index (χ4n) is 15.1. The molecule has 0 aromatic heterocycles. The average Bonchev–Trinajstić information content (AvgIpc) is 1.53. The smallest absolute Gasteiger partial charge is 0.350 e. The molecule has 0 spiro atoms. The number of ether oxygens (including phenoxy) is 14. The Morgan fingerprint density at radius 1 is 0.162 bits per heavy atom. The molecule has 0 aliphatic carbocycles. The Bertz CT molecular complexity index is 7180. The van der Waals surface area contributed by atoms with Crippen molar-refractivity contribution in [2.75, 3.05) is 0 Å². The van der Waals surface area contributed by atoms with Crippen molar-refractivity contribution in [2.24, 2.45) is 0 Å². The Morgan fingerprint density at radius 3 is 0.640 bits per heavy atom. The van der Waals surface area contributed by atoms with Crippen LogP contribution in [0.1, 0.15) is 283 Å². The van der Waals surface area contributed by atoms with Crippen LogP contribution in [0.4, 0.5) is 0 Å². The molecule has 10 aliphatic heterocycles. The highest BCUT2D eigenvalue weighted by Crippen LogP contribution is 2.42. The van der Waals surface area contributed by atoms with Gasteiger partial charge in [0.15, 0.2) is 0 Å².